The highest BCUT2D eigenvalue weighted by Crippen LogP contribution is 2.18. The van der Waals surface area contributed by atoms with E-state index in [9.17, 15) is 14.4 Å². The number of ether oxygens (including phenoxy) is 1. The summed E-state index contributed by atoms with van der Waals surface area (Å²) in [5.41, 5.74) is 1.59. The number of benzene rings is 2. The van der Waals surface area contributed by atoms with Crippen LogP contribution in [0.3, 0.4) is 0 Å². The zero-order valence-electron chi connectivity index (χ0n) is 16.4. The molecule has 2 N–H and O–H groups in total. The summed E-state index contributed by atoms with van der Waals surface area (Å²) in [7, 11) is 0. The number of anilines is 1. The zero-order valence-corrected chi connectivity index (χ0v) is 16.4. The first kappa shape index (κ1) is 20.4. The molecular formula is C22H25N3O4. The monoisotopic (exact) mass is 395 g/mol. The van der Waals surface area contributed by atoms with Gasteiger partial charge in [-0.25, -0.2) is 4.79 Å². The Morgan fingerprint density at radius 2 is 1.72 bits per heavy atom. The van der Waals surface area contributed by atoms with Crippen molar-refractivity contribution in [2.45, 2.75) is 19.8 Å². The zero-order chi connectivity index (χ0) is 20.6. The molecule has 3 amide bonds. The fourth-order valence-electron chi connectivity index (χ4n) is 3.20. The first-order chi connectivity index (χ1) is 14.0. The van der Waals surface area contributed by atoms with Crippen molar-refractivity contribution in [1.82, 2.24) is 10.2 Å². The van der Waals surface area contributed by atoms with Gasteiger partial charge in [0.15, 0.2) is 0 Å². The molecule has 1 fully saturated rings. The second-order valence-corrected chi connectivity index (χ2v) is 7.15. The van der Waals surface area contributed by atoms with Crippen LogP contribution in [0.1, 0.15) is 18.4 Å². The van der Waals surface area contributed by atoms with Gasteiger partial charge in [-0.1, -0.05) is 30.3 Å². The van der Waals surface area contributed by atoms with E-state index in [1.807, 2.05) is 37.3 Å². The second kappa shape index (κ2) is 9.73. The number of rotatable bonds is 4. The van der Waals surface area contributed by atoms with Gasteiger partial charge in [0, 0.05) is 25.3 Å². The standard InChI is InChI=1S/C22H25N3O4/c1-16-6-5-7-18(14-16)24-21(27)20(26)23-15-17-10-12-25(13-11-17)22(28)29-19-8-3-2-4-9-19/h2-9,14,17H,10-13,15H2,1H3,(H,23,26)(H,24,27). The van der Waals surface area contributed by atoms with Crippen LogP contribution in [0.5, 0.6) is 5.75 Å². The molecule has 7 heteroatoms. The maximum atomic E-state index is 12.2. The van der Waals surface area contributed by atoms with Gasteiger partial charge in [-0.15, -0.1) is 0 Å². The van der Waals surface area contributed by atoms with Gasteiger partial charge in [-0.05, 0) is 55.5 Å². The van der Waals surface area contributed by atoms with Crippen LogP contribution < -0.4 is 15.4 Å². The molecule has 0 aliphatic carbocycles. The van der Waals surface area contributed by atoms with E-state index < -0.39 is 11.8 Å². The number of nitrogens with one attached hydrogen (secondary N) is 2. The van der Waals surface area contributed by atoms with Crippen molar-refractivity contribution in [3.05, 3.63) is 60.2 Å². The Bertz CT molecular complexity index is 861. The minimum atomic E-state index is -0.681. The van der Waals surface area contributed by atoms with E-state index in [-0.39, 0.29) is 12.0 Å². The largest absolute Gasteiger partial charge is 0.415 e. The lowest BCUT2D eigenvalue weighted by Crippen LogP contribution is -2.44. The molecule has 1 heterocycles. The summed E-state index contributed by atoms with van der Waals surface area (Å²) >= 11 is 0. The Balaban J connectivity index is 1.38. The highest BCUT2D eigenvalue weighted by atomic mass is 16.6. The molecule has 152 valence electrons. The maximum absolute atomic E-state index is 12.2. The third-order valence-electron chi connectivity index (χ3n) is 4.85. The maximum Gasteiger partial charge on any atom is 0.415 e. The van der Waals surface area contributed by atoms with Crippen LogP contribution >= 0.6 is 0 Å². The first-order valence-electron chi connectivity index (χ1n) is 9.69. The topological polar surface area (TPSA) is 87.7 Å². The van der Waals surface area contributed by atoms with Crippen molar-refractivity contribution in [2.24, 2.45) is 5.92 Å². The van der Waals surface area contributed by atoms with Crippen molar-refractivity contribution in [1.29, 1.82) is 0 Å². The predicted octanol–water partition coefficient (Wildman–Crippen LogP) is 2.96. The molecule has 0 radical (unpaired) electrons. The third-order valence-corrected chi connectivity index (χ3v) is 4.85. The van der Waals surface area contributed by atoms with Crippen LogP contribution in [0.15, 0.2) is 54.6 Å². The van der Waals surface area contributed by atoms with Crippen LogP contribution in [0.4, 0.5) is 10.5 Å². The molecule has 0 bridgehead atoms. The van der Waals surface area contributed by atoms with E-state index in [4.69, 9.17) is 4.74 Å². The number of hydrogen-bond acceptors (Lipinski definition) is 4. The van der Waals surface area contributed by atoms with E-state index >= 15 is 0 Å². The number of para-hydroxylation sites is 1. The molecule has 29 heavy (non-hydrogen) atoms. The summed E-state index contributed by atoms with van der Waals surface area (Å²) in [5.74, 6) is -0.602. The quantitative estimate of drug-likeness (QED) is 0.779. The molecule has 0 spiro atoms. The molecule has 0 unspecified atom stereocenters. The van der Waals surface area contributed by atoms with Crippen LogP contribution in [0.2, 0.25) is 0 Å². The van der Waals surface area contributed by atoms with Crippen molar-refractivity contribution < 1.29 is 19.1 Å². The van der Waals surface area contributed by atoms with Crippen molar-refractivity contribution in [3.8, 4) is 5.75 Å². The Labute approximate surface area is 170 Å². The lowest BCUT2D eigenvalue weighted by molar-refractivity contribution is -0.136. The van der Waals surface area contributed by atoms with Crippen molar-refractivity contribution >= 4 is 23.6 Å². The van der Waals surface area contributed by atoms with E-state index in [0.29, 0.717) is 31.1 Å². The molecule has 2 aromatic rings. The molecular weight excluding hydrogens is 370 g/mol. The van der Waals surface area contributed by atoms with Gasteiger partial charge in [0.05, 0.1) is 0 Å². The lowest BCUT2D eigenvalue weighted by Gasteiger charge is -2.31. The fourth-order valence-corrected chi connectivity index (χ4v) is 3.20. The smallest absolute Gasteiger partial charge is 0.410 e. The lowest BCUT2D eigenvalue weighted by atomic mass is 9.97. The Morgan fingerprint density at radius 1 is 1.00 bits per heavy atom. The van der Waals surface area contributed by atoms with E-state index in [0.717, 1.165) is 18.4 Å². The molecule has 1 saturated heterocycles. The summed E-state index contributed by atoms with van der Waals surface area (Å²) in [6.07, 6.45) is 1.11. The number of nitrogens with zero attached hydrogens (tertiary/aromatic N) is 1. The van der Waals surface area contributed by atoms with Crippen molar-refractivity contribution in [2.75, 3.05) is 25.0 Å². The van der Waals surface area contributed by atoms with Gasteiger partial charge in [0.1, 0.15) is 5.75 Å². The Kier molecular flexibility index (Phi) is 6.84. The molecule has 7 nitrogen and oxygen atoms in total. The minimum Gasteiger partial charge on any atom is -0.410 e. The molecule has 1 aliphatic heterocycles. The summed E-state index contributed by atoms with van der Waals surface area (Å²) in [6, 6.07) is 16.2. The number of hydrogen-bond donors (Lipinski definition) is 2. The van der Waals surface area contributed by atoms with Gasteiger partial charge in [-0.2, -0.15) is 0 Å². The molecule has 3 rings (SSSR count). The average molecular weight is 395 g/mol. The number of aryl methyl sites for hydroxylation is 1. The fraction of sp³-hybridized carbons (Fsp3) is 0.318. The highest BCUT2D eigenvalue weighted by Gasteiger charge is 2.25. The van der Waals surface area contributed by atoms with Crippen molar-refractivity contribution in [3.63, 3.8) is 0 Å². The first-order valence-corrected chi connectivity index (χ1v) is 9.69. The van der Waals surface area contributed by atoms with Crippen LogP contribution in [0.25, 0.3) is 0 Å². The number of piperidine rings is 1. The molecule has 0 aromatic heterocycles. The Morgan fingerprint density at radius 3 is 2.41 bits per heavy atom. The molecule has 1 aliphatic rings. The number of carbonyl (C=O) groups is 3. The average Bonchev–Trinajstić information content (AvgIpc) is 2.73. The third kappa shape index (κ3) is 6.07. The number of likely N-dealkylation sites (tertiary alicyclic amines) is 1. The Hall–Kier alpha value is -3.35. The van der Waals surface area contributed by atoms with E-state index in [1.54, 1.807) is 29.2 Å². The normalized spacial score (nSPS) is 14.2. The summed E-state index contributed by atoms with van der Waals surface area (Å²) in [5, 5.41) is 5.28. The molecule has 0 saturated carbocycles. The van der Waals surface area contributed by atoms with Crippen LogP contribution in [-0.2, 0) is 9.59 Å². The number of amides is 3. The van der Waals surface area contributed by atoms with E-state index in [2.05, 4.69) is 10.6 Å². The van der Waals surface area contributed by atoms with E-state index in [1.165, 1.54) is 0 Å². The summed E-state index contributed by atoms with van der Waals surface area (Å²) in [4.78, 5) is 37.9. The molecule has 0 atom stereocenters. The second-order valence-electron chi connectivity index (χ2n) is 7.15. The summed E-state index contributed by atoms with van der Waals surface area (Å²) in [6.45, 7) is 3.43. The van der Waals surface area contributed by atoms with Gasteiger partial charge in [0.2, 0.25) is 0 Å². The van der Waals surface area contributed by atoms with Crippen LogP contribution in [-0.4, -0.2) is 42.4 Å². The molecule has 2 aromatic carbocycles. The minimum absolute atomic E-state index is 0.214. The van der Waals surface area contributed by atoms with Crippen LogP contribution in [0, 0.1) is 12.8 Å². The van der Waals surface area contributed by atoms with Gasteiger partial charge in [-0.3, -0.25) is 9.59 Å². The van der Waals surface area contributed by atoms with Gasteiger partial charge < -0.3 is 20.3 Å². The highest BCUT2D eigenvalue weighted by molar-refractivity contribution is 6.39. The van der Waals surface area contributed by atoms with Gasteiger partial charge >= 0.3 is 17.9 Å². The number of carbonyl (C=O) groups excluding carboxylic acids is 3. The predicted molar refractivity (Wildman–Crippen MR) is 110 cm³/mol. The van der Waals surface area contributed by atoms with Gasteiger partial charge in [0.25, 0.3) is 0 Å². The SMILES string of the molecule is Cc1cccc(NC(=O)C(=O)NCC2CCN(C(=O)Oc3ccccc3)CC2)c1. The summed E-state index contributed by atoms with van der Waals surface area (Å²) < 4.78 is 5.35.